The number of unbranched alkanes of at least 4 members (excludes halogenated alkanes) is 1. The Kier molecular flexibility index (Phi) is 6.35. The number of esters is 1. The van der Waals surface area contributed by atoms with Crippen LogP contribution in [0.5, 0.6) is 5.75 Å². The standard InChI is InChI=1S/C19H20Cl2N2O3/c1-2-8-25-9-4-3-5-16(24)26-19-14(20)10-13-12-6-7-22-11-15(12)23-18(13)17(19)21/h6-7,10-11,23H,2-5,8-9H2,1H3. The largest absolute Gasteiger partial charge is 0.423 e. The van der Waals surface area contributed by atoms with Gasteiger partial charge in [-0.05, 0) is 31.4 Å². The predicted octanol–water partition coefficient (Wildman–Crippen LogP) is 5.53. The van der Waals surface area contributed by atoms with Crippen molar-refractivity contribution in [3.05, 3.63) is 34.6 Å². The zero-order chi connectivity index (χ0) is 18.5. The summed E-state index contributed by atoms with van der Waals surface area (Å²) in [7, 11) is 0. The molecule has 0 unspecified atom stereocenters. The van der Waals surface area contributed by atoms with Crippen molar-refractivity contribution >= 4 is 51.0 Å². The third-order valence-electron chi connectivity index (χ3n) is 4.03. The third-order valence-corrected chi connectivity index (χ3v) is 4.67. The van der Waals surface area contributed by atoms with E-state index in [1.54, 1.807) is 18.5 Å². The zero-order valence-electron chi connectivity index (χ0n) is 14.5. The quantitative estimate of drug-likeness (QED) is 0.310. The van der Waals surface area contributed by atoms with Crippen molar-refractivity contribution in [2.45, 2.75) is 32.6 Å². The number of nitrogens with zero attached hydrogens (tertiary/aromatic N) is 1. The number of halogens is 2. The Balaban J connectivity index is 1.72. The van der Waals surface area contributed by atoms with Crippen LogP contribution in [0.25, 0.3) is 21.8 Å². The molecule has 5 nitrogen and oxygen atoms in total. The molecule has 0 atom stereocenters. The highest BCUT2D eigenvalue weighted by atomic mass is 35.5. The van der Waals surface area contributed by atoms with E-state index in [2.05, 4.69) is 16.9 Å². The van der Waals surface area contributed by atoms with E-state index in [-0.39, 0.29) is 18.1 Å². The molecule has 3 rings (SSSR count). The van der Waals surface area contributed by atoms with Crippen LogP contribution >= 0.6 is 23.2 Å². The Labute approximate surface area is 161 Å². The number of hydrogen-bond donors (Lipinski definition) is 1. The van der Waals surface area contributed by atoms with Crippen LogP contribution in [0, 0.1) is 0 Å². The second-order valence-electron chi connectivity index (χ2n) is 6.01. The Hall–Kier alpha value is -1.82. The Morgan fingerprint density at radius 3 is 2.88 bits per heavy atom. The van der Waals surface area contributed by atoms with E-state index in [0.717, 1.165) is 35.7 Å². The number of H-pyrrole nitrogens is 1. The lowest BCUT2D eigenvalue weighted by atomic mass is 10.2. The van der Waals surface area contributed by atoms with Gasteiger partial charge < -0.3 is 14.5 Å². The van der Waals surface area contributed by atoms with Gasteiger partial charge in [-0.25, -0.2) is 0 Å². The number of ether oxygens (including phenoxy) is 2. The van der Waals surface area contributed by atoms with Crippen LogP contribution in [0.2, 0.25) is 10.0 Å². The van der Waals surface area contributed by atoms with E-state index in [1.165, 1.54) is 0 Å². The molecule has 7 heteroatoms. The molecule has 0 fully saturated rings. The SMILES string of the molecule is CCCOCCCCC(=O)Oc1c(Cl)cc2c([nH]c3cnccc32)c1Cl. The number of hydrogen-bond acceptors (Lipinski definition) is 4. The molecule has 0 aliphatic carbocycles. The molecule has 3 aromatic rings. The lowest BCUT2D eigenvalue weighted by Gasteiger charge is -2.09. The van der Waals surface area contributed by atoms with Crippen molar-refractivity contribution in [2.24, 2.45) is 0 Å². The molecule has 1 N–H and O–H groups in total. The fourth-order valence-electron chi connectivity index (χ4n) is 2.78. The summed E-state index contributed by atoms with van der Waals surface area (Å²) in [6, 6.07) is 3.63. The number of nitrogens with one attached hydrogen (secondary N) is 1. The van der Waals surface area contributed by atoms with Crippen LogP contribution in [0.4, 0.5) is 0 Å². The third kappa shape index (κ3) is 4.11. The van der Waals surface area contributed by atoms with Crippen molar-refractivity contribution < 1.29 is 14.3 Å². The van der Waals surface area contributed by atoms with Crippen LogP contribution in [0.1, 0.15) is 32.6 Å². The second-order valence-corrected chi connectivity index (χ2v) is 6.80. The number of carbonyl (C=O) groups is 1. The summed E-state index contributed by atoms with van der Waals surface area (Å²) in [5.41, 5.74) is 1.52. The van der Waals surface area contributed by atoms with Crippen molar-refractivity contribution in [3.8, 4) is 5.75 Å². The van der Waals surface area contributed by atoms with Crippen molar-refractivity contribution in [1.82, 2.24) is 9.97 Å². The number of aromatic nitrogens is 2. The Morgan fingerprint density at radius 1 is 1.23 bits per heavy atom. The number of pyridine rings is 1. The number of rotatable bonds is 8. The predicted molar refractivity (Wildman–Crippen MR) is 104 cm³/mol. The van der Waals surface area contributed by atoms with Gasteiger partial charge in [-0.1, -0.05) is 30.1 Å². The molecule has 138 valence electrons. The minimum absolute atomic E-state index is 0.188. The second kappa shape index (κ2) is 8.71. The van der Waals surface area contributed by atoms with E-state index in [0.29, 0.717) is 28.6 Å². The fourth-order valence-corrected chi connectivity index (χ4v) is 3.36. The maximum Gasteiger partial charge on any atom is 0.311 e. The molecular formula is C19H20Cl2N2O3. The normalized spacial score (nSPS) is 11.3. The van der Waals surface area contributed by atoms with Gasteiger partial charge in [0.2, 0.25) is 0 Å². The molecule has 2 aromatic heterocycles. The van der Waals surface area contributed by atoms with Crippen LogP contribution in [0.3, 0.4) is 0 Å². The van der Waals surface area contributed by atoms with Crippen LogP contribution in [-0.4, -0.2) is 29.2 Å². The molecule has 26 heavy (non-hydrogen) atoms. The van der Waals surface area contributed by atoms with Crippen LogP contribution < -0.4 is 4.74 Å². The minimum Gasteiger partial charge on any atom is -0.423 e. The first-order valence-electron chi connectivity index (χ1n) is 8.63. The summed E-state index contributed by atoms with van der Waals surface area (Å²) in [5, 5.41) is 2.43. The van der Waals surface area contributed by atoms with Gasteiger partial charge in [0, 0.05) is 36.6 Å². The number of carbonyl (C=O) groups excluding carboxylic acids is 1. The highest BCUT2D eigenvalue weighted by molar-refractivity contribution is 6.42. The monoisotopic (exact) mass is 394 g/mol. The molecule has 0 amide bonds. The van der Waals surface area contributed by atoms with Gasteiger partial charge in [0.05, 0.1) is 22.3 Å². The van der Waals surface area contributed by atoms with Crippen LogP contribution in [0.15, 0.2) is 24.5 Å². The molecule has 1 aromatic carbocycles. The highest BCUT2D eigenvalue weighted by Gasteiger charge is 2.18. The number of aromatic amines is 1. The van der Waals surface area contributed by atoms with Gasteiger partial charge in [-0.15, -0.1) is 0 Å². The molecule has 0 spiro atoms. The first-order chi connectivity index (χ1) is 12.6. The molecule has 2 heterocycles. The smallest absolute Gasteiger partial charge is 0.311 e. The summed E-state index contributed by atoms with van der Waals surface area (Å²) in [4.78, 5) is 19.4. The van der Waals surface area contributed by atoms with E-state index >= 15 is 0 Å². The lowest BCUT2D eigenvalue weighted by molar-refractivity contribution is -0.134. The van der Waals surface area contributed by atoms with E-state index in [1.807, 2.05) is 6.07 Å². The molecule has 0 radical (unpaired) electrons. The summed E-state index contributed by atoms with van der Waals surface area (Å²) in [6.45, 7) is 3.46. The van der Waals surface area contributed by atoms with Crippen molar-refractivity contribution in [3.63, 3.8) is 0 Å². The average molecular weight is 395 g/mol. The molecule has 0 saturated carbocycles. The van der Waals surface area contributed by atoms with Gasteiger partial charge in [0.1, 0.15) is 5.02 Å². The minimum atomic E-state index is -0.360. The van der Waals surface area contributed by atoms with Crippen molar-refractivity contribution in [2.75, 3.05) is 13.2 Å². The molecule has 0 bridgehead atoms. The van der Waals surface area contributed by atoms with Gasteiger partial charge >= 0.3 is 5.97 Å². The average Bonchev–Trinajstić information content (AvgIpc) is 3.00. The first-order valence-corrected chi connectivity index (χ1v) is 9.39. The van der Waals surface area contributed by atoms with E-state index in [9.17, 15) is 4.79 Å². The van der Waals surface area contributed by atoms with E-state index < -0.39 is 0 Å². The van der Waals surface area contributed by atoms with Gasteiger partial charge in [0.15, 0.2) is 5.75 Å². The summed E-state index contributed by atoms with van der Waals surface area (Å²) < 4.78 is 10.8. The van der Waals surface area contributed by atoms with E-state index in [4.69, 9.17) is 32.7 Å². The Bertz CT molecular complexity index is 924. The van der Waals surface area contributed by atoms with Gasteiger partial charge in [-0.2, -0.15) is 0 Å². The molecular weight excluding hydrogens is 375 g/mol. The fraction of sp³-hybridized carbons (Fsp3) is 0.368. The molecule has 0 saturated heterocycles. The molecule has 0 aliphatic heterocycles. The summed E-state index contributed by atoms with van der Waals surface area (Å²) in [6.07, 6.45) is 6.20. The summed E-state index contributed by atoms with van der Waals surface area (Å²) in [5.74, 6) is -0.172. The van der Waals surface area contributed by atoms with Crippen molar-refractivity contribution in [1.29, 1.82) is 0 Å². The Morgan fingerprint density at radius 2 is 2.08 bits per heavy atom. The molecule has 0 aliphatic rings. The topological polar surface area (TPSA) is 64.2 Å². The maximum atomic E-state index is 12.1. The maximum absolute atomic E-state index is 12.1. The van der Waals surface area contributed by atoms with Gasteiger partial charge in [-0.3, -0.25) is 9.78 Å². The first kappa shape index (κ1) is 19.0. The zero-order valence-corrected chi connectivity index (χ0v) is 16.0. The number of fused-ring (bicyclic) bond motifs is 3. The van der Waals surface area contributed by atoms with Gasteiger partial charge in [0.25, 0.3) is 0 Å². The highest BCUT2D eigenvalue weighted by Crippen LogP contribution is 2.41. The van der Waals surface area contributed by atoms with Crippen LogP contribution in [-0.2, 0) is 9.53 Å². The lowest BCUT2D eigenvalue weighted by Crippen LogP contribution is -2.09. The summed E-state index contributed by atoms with van der Waals surface area (Å²) >= 11 is 12.8. The number of benzene rings is 1.